The summed E-state index contributed by atoms with van der Waals surface area (Å²) in [4.78, 5) is 0. The summed E-state index contributed by atoms with van der Waals surface area (Å²) in [6.07, 6.45) is 8.09. The number of nitrogens with one attached hydrogen (secondary N) is 1. The van der Waals surface area contributed by atoms with Gasteiger partial charge in [-0.25, -0.2) is 0 Å². The summed E-state index contributed by atoms with van der Waals surface area (Å²) in [6.45, 7) is 5.00. The van der Waals surface area contributed by atoms with Crippen LogP contribution in [-0.4, -0.2) is 11.1 Å². The van der Waals surface area contributed by atoms with Crippen molar-refractivity contribution in [1.82, 2.24) is 5.32 Å². The first-order chi connectivity index (χ1) is 9.22. The van der Waals surface area contributed by atoms with Gasteiger partial charge in [0.1, 0.15) is 5.75 Å². The summed E-state index contributed by atoms with van der Waals surface area (Å²) >= 11 is 0. The lowest BCUT2D eigenvalue weighted by atomic mass is 9.83. The third-order valence-electron chi connectivity index (χ3n) is 4.53. The van der Waals surface area contributed by atoms with E-state index in [-0.39, 0.29) is 0 Å². The van der Waals surface area contributed by atoms with Crippen LogP contribution in [0.2, 0.25) is 0 Å². The predicted molar refractivity (Wildman–Crippen MR) is 80.3 cm³/mol. The molecule has 0 aromatic heterocycles. The third kappa shape index (κ3) is 3.73. The fourth-order valence-corrected chi connectivity index (χ4v) is 3.28. The lowest BCUT2D eigenvalue weighted by Gasteiger charge is -2.30. The SMILES string of the molecule is CCC(NCc1cccc(C)c1O)C1CCCCC1. The number of aryl methyl sites for hydroxylation is 1. The van der Waals surface area contributed by atoms with Crippen molar-refractivity contribution in [3.8, 4) is 5.75 Å². The summed E-state index contributed by atoms with van der Waals surface area (Å²) < 4.78 is 0. The molecular formula is C17H27NO. The largest absolute Gasteiger partial charge is 0.507 e. The van der Waals surface area contributed by atoms with Gasteiger partial charge in [0.2, 0.25) is 0 Å². The molecule has 19 heavy (non-hydrogen) atoms. The molecule has 0 radical (unpaired) electrons. The zero-order chi connectivity index (χ0) is 13.7. The Morgan fingerprint density at radius 3 is 2.68 bits per heavy atom. The molecular weight excluding hydrogens is 234 g/mol. The van der Waals surface area contributed by atoms with Gasteiger partial charge in [0.25, 0.3) is 0 Å². The predicted octanol–water partition coefficient (Wildman–Crippen LogP) is 4.15. The van der Waals surface area contributed by atoms with Crippen molar-refractivity contribution < 1.29 is 5.11 Å². The molecule has 2 N–H and O–H groups in total. The lowest BCUT2D eigenvalue weighted by molar-refractivity contribution is 0.261. The molecule has 0 bridgehead atoms. The molecule has 1 aliphatic carbocycles. The Bertz CT molecular complexity index is 396. The quantitative estimate of drug-likeness (QED) is 0.834. The molecule has 2 heteroatoms. The maximum Gasteiger partial charge on any atom is 0.122 e. The molecule has 2 rings (SSSR count). The van der Waals surface area contributed by atoms with Crippen LogP contribution < -0.4 is 5.32 Å². The molecule has 1 fully saturated rings. The normalized spacial score (nSPS) is 18.4. The van der Waals surface area contributed by atoms with Crippen LogP contribution in [0, 0.1) is 12.8 Å². The summed E-state index contributed by atoms with van der Waals surface area (Å²) in [5.41, 5.74) is 1.99. The molecule has 0 amide bonds. The Balaban J connectivity index is 1.93. The van der Waals surface area contributed by atoms with E-state index < -0.39 is 0 Å². The molecule has 1 unspecified atom stereocenters. The topological polar surface area (TPSA) is 32.3 Å². The highest BCUT2D eigenvalue weighted by molar-refractivity contribution is 5.39. The number of para-hydroxylation sites is 1. The number of benzene rings is 1. The minimum absolute atomic E-state index is 0.452. The monoisotopic (exact) mass is 261 g/mol. The van der Waals surface area contributed by atoms with Crippen molar-refractivity contribution in [3.05, 3.63) is 29.3 Å². The van der Waals surface area contributed by atoms with E-state index >= 15 is 0 Å². The van der Waals surface area contributed by atoms with E-state index in [1.165, 1.54) is 38.5 Å². The van der Waals surface area contributed by atoms with E-state index in [1.807, 2.05) is 25.1 Å². The Morgan fingerprint density at radius 1 is 1.26 bits per heavy atom. The standard InChI is InChI=1S/C17H27NO/c1-3-16(14-9-5-4-6-10-14)18-12-15-11-7-8-13(2)17(15)19/h7-8,11,14,16,18-19H,3-6,9-10,12H2,1-2H3. The molecule has 2 nitrogen and oxygen atoms in total. The zero-order valence-corrected chi connectivity index (χ0v) is 12.3. The molecule has 1 aliphatic rings. The molecule has 0 aliphatic heterocycles. The molecule has 1 aromatic carbocycles. The number of aromatic hydroxyl groups is 1. The first-order valence-electron chi connectivity index (χ1n) is 7.73. The van der Waals surface area contributed by atoms with Gasteiger partial charge in [-0.05, 0) is 37.7 Å². The number of hydrogen-bond donors (Lipinski definition) is 2. The van der Waals surface area contributed by atoms with Crippen molar-refractivity contribution in [2.75, 3.05) is 0 Å². The van der Waals surface area contributed by atoms with Crippen molar-refractivity contribution in [2.24, 2.45) is 5.92 Å². The van der Waals surface area contributed by atoms with Crippen LogP contribution in [0.1, 0.15) is 56.6 Å². The van der Waals surface area contributed by atoms with Gasteiger partial charge >= 0.3 is 0 Å². The maximum absolute atomic E-state index is 10.1. The van der Waals surface area contributed by atoms with E-state index in [9.17, 15) is 5.11 Å². The molecule has 1 aromatic rings. The minimum atomic E-state index is 0.452. The van der Waals surface area contributed by atoms with Crippen LogP contribution in [0.15, 0.2) is 18.2 Å². The second kappa shape index (κ2) is 6.95. The highest BCUT2D eigenvalue weighted by atomic mass is 16.3. The Morgan fingerprint density at radius 2 is 2.00 bits per heavy atom. The van der Waals surface area contributed by atoms with Crippen LogP contribution in [-0.2, 0) is 6.54 Å². The van der Waals surface area contributed by atoms with Crippen molar-refractivity contribution >= 4 is 0 Å². The minimum Gasteiger partial charge on any atom is -0.507 e. The van der Waals surface area contributed by atoms with Gasteiger partial charge in [-0.1, -0.05) is 44.4 Å². The molecule has 0 spiro atoms. The maximum atomic E-state index is 10.1. The number of hydrogen-bond acceptors (Lipinski definition) is 2. The van der Waals surface area contributed by atoms with Crippen molar-refractivity contribution in [1.29, 1.82) is 0 Å². The Kier molecular flexibility index (Phi) is 5.26. The van der Waals surface area contributed by atoms with Gasteiger partial charge in [-0.2, -0.15) is 0 Å². The van der Waals surface area contributed by atoms with Crippen LogP contribution >= 0.6 is 0 Å². The zero-order valence-electron chi connectivity index (χ0n) is 12.3. The van der Waals surface area contributed by atoms with E-state index in [2.05, 4.69) is 12.2 Å². The third-order valence-corrected chi connectivity index (χ3v) is 4.53. The van der Waals surface area contributed by atoms with Crippen LogP contribution in [0.5, 0.6) is 5.75 Å². The summed E-state index contributed by atoms with van der Waals surface area (Å²) in [7, 11) is 0. The molecule has 1 atom stereocenters. The van der Waals surface area contributed by atoms with Crippen molar-refractivity contribution in [2.45, 2.75) is 65.0 Å². The van der Waals surface area contributed by atoms with E-state index in [4.69, 9.17) is 0 Å². The van der Waals surface area contributed by atoms with Gasteiger partial charge in [0.05, 0.1) is 0 Å². The lowest BCUT2D eigenvalue weighted by Crippen LogP contribution is -2.36. The van der Waals surface area contributed by atoms with Crippen molar-refractivity contribution in [3.63, 3.8) is 0 Å². The highest BCUT2D eigenvalue weighted by Crippen LogP contribution is 2.28. The average molecular weight is 261 g/mol. The van der Waals surface area contributed by atoms with E-state index in [0.29, 0.717) is 11.8 Å². The van der Waals surface area contributed by atoms with Gasteiger partial charge in [-0.15, -0.1) is 0 Å². The number of phenolic OH excluding ortho intramolecular Hbond substituents is 1. The van der Waals surface area contributed by atoms with E-state index in [0.717, 1.165) is 23.6 Å². The second-order valence-electron chi connectivity index (χ2n) is 5.88. The number of phenols is 1. The molecule has 0 heterocycles. The Labute approximate surface area is 117 Å². The van der Waals surface area contributed by atoms with Crippen LogP contribution in [0.4, 0.5) is 0 Å². The summed E-state index contributed by atoms with van der Waals surface area (Å²) in [6, 6.07) is 6.59. The first kappa shape index (κ1) is 14.4. The fourth-order valence-electron chi connectivity index (χ4n) is 3.28. The summed E-state index contributed by atoms with van der Waals surface area (Å²) in [5.74, 6) is 1.28. The fraction of sp³-hybridized carbons (Fsp3) is 0.647. The van der Waals surface area contributed by atoms with Gasteiger partial charge in [0, 0.05) is 18.2 Å². The highest BCUT2D eigenvalue weighted by Gasteiger charge is 2.21. The van der Waals surface area contributed by atoms with E-state index in [1.54, 1.807) is 0 Å². The molecule has 0 saturated heterocycles. The van der Waals surface area contributed by atoms with Crippen LogP contribution in [0.3, 0.4) is 0 Å². The average Bonchev–Trinajstić information content (AvgIpc) is 2.45. The molecule has 1 saturated carbocycles. The van der Waals surface area contributed by atoms with Gasteiger partial charge < -0.3 is 10.4 Å². The van der Waals surface area contributed by atoms with Gasteiger partial charge in [0.15, 0.2) is 0 Å². The number of rotatable bonds is 5. The second-order valence-corrected chi connectivity index (χ2v) is 5.88. The molecule has 106 valence electrons. The summed E-state index contributed by atoms with van der Waals surface area (Å²) in [5, 5.41) is 13.7. The Hall–Kier alpha value is -1.02. The van der Waals surface area contributed by atoms with Gasteiger partial charge in [-0.3, -0.25) is 0 Å². The smallest absolute Gasteiger partial charge is 0.122 e. The van der Waals surface area contributed by atoms with Crippen LogP contribution in [0.25, 0.3) is 0 Å². The first-order valence-corrected chi connectivity index (χ1v) is 7.73.